The molecule has 2 heterocycles. The highest BCUT2D eigenvalue weighted by molar-refractivity contribution is 5.93. The summed E-state index contributed by atoms with van der Waals surface area (Å²) in [6.45, 7) is 6.10. The Morgan fingerprint density at radius 3 is 2.52 bits per heavy atom. The number of carbonyl (C=O) groups is 1. The second-order valence-corrected chi connectivity index (χ2v) is 9.67. The van der Waals surface area contributed by atoms with Gasteiger partial charge in [0.15, 0.2) is 0 Å². The molecule has 9 heteroatoms. The van der Waals surface area contributed by atoms with E-state index in [4.69, 9.17) is 0 Å². The van der Waals surface area contributed by atoms with Crippen LogP contribution < -0.4 is 10.6 Å². The number of pyridine rings is 1. The molecule has 0 aliphatic heterocycles. The van der Waals surface area contributed by atoms with Crippen molar-refractivity contribution in [2.45, 2.75) is 70.1 Å². The Kier molecular flexibility index (Phi) is 6.07. The van der Waals surface area contributed by atoms with E-state index in [1.54, 1.807) is 30.3 Å². The first-order valence-electron chi connectivity index (χ1n) is 11.1. The molecule has 2 aromatic heterocycles. The Morgan fingerprint density at radius 2 is 1.82 bits per heavy atom. The summed E-state index contributed by atoms with van der Waals surface area (Å²) in [7, 11) is 0. The normalized spacial score (nSPS) is 19.5. The van der Waals surface area contributed by atoms with E-state index in [1.807, 2.05) is 20.8 Å². The monoisotopic (exact) mass is 459 g/mol. The average molecular weight is 460 g/mol. The zero-order chi connectivity index (χ0) is 23.8. The Bertz CT molecular complexity index is 1150. The largest absolute Gasteiger partial charge is 0.433 e. The van der Waals surface area contributed by atoms with Gasteiger partial charge >= 0.3 is 6.18 Å². The van der Waals surface area contributed by atoms with Gasteiger partial charge in [0, 0.05) is 34.3 Å². The molecule has 6 nitrogen and oxygen atoms in total. The summed E-state index contributed by atoms with van der Waals surface area (Å²) in [6, 6.07) is 9.46. The Hall–Kier alpha value is -3.10. The van der Waals surface area contributed by atoms with Gasteiger partial charge in [0.25, 0.3) is 5.91 Å². The maximum atomic E-state index is 13.4. The number of rotatable bonds is 4. The van der Waals surface area contributed by atoms with Crippen LogP contribution in [0.25, 0.3) is 10.9 Å². The minimum atomic E-state index is -4.53. The molecule has 3 N–H and O–H groups in total. The summed E-state index contributed by atoms with van der Waals surface area (Å²) < 4.78 is 40.1. The van der Waals surface area contributed by atoms with Crippen LogP contribution >= 0.6 is 0 Å². The molecule has 1 aromatic carbocycles. The first-order chi connectivity index (χ1) is 15.5. The van der Waals surface area contributed by atoms with Crippen LogP contribution in [0.5, 0.6) is 0 Å². The van der Waals surface area contributed by atoms with Crippen LogP contribution in [0.4, 0.5) is 18.9 Å². The highest BCUT2D eigenvalue weighted by Gasteiger charge is 2.34. The number of benzene rings is 1. The van der Waals surface area contributed by atoms with Crippen LogP contribution in [-0.2, 0) is 11.6 Å². The topological polar surface area (TPSA) is 82.7 Å². The lowest BCUT2D eigenvalue weighted by Gasteiger charge is -2.31. The first-order valence-corrected chi connectivity index (χ1v) is 11.1. The molecule has 1 amide bonds. The minimum Gasteiger partial charge on any atom is -0.382 e. The first kappa shape index (κ1) is 23.1. The van der Waals surface area contributed by atoms with E-state index in [-0.39, 0.29) is 23.4 Å². The summed E-state index contributed by atoms with van der Waals surface area (Å²) in [5.74, 6) is -0.249. The van der Waals surface area contributed by atoms with Crippen molar-refractivity contribution in [1.82, 2.24) is 20.5 Å². The quantitative estimate of drug-likeness (QED) is 0.486. The van der Waals surface area contributed by atoms with E-state index >= 15 is 0 Å². The van der Waals surface area contributed by atoms with E-state index in [0.717, 1.165) is 31.0 Å². The van der Waals surface area contributed by atoms with Crippen LogP contribution in [0.1, 0.15) is 68.3 Å². The molecule has 1 aliphatic carbocycles. The Morgan fingerprint density at radius 1 is 1.09 bits per heavy atom. The van der Waals surface area contributed by atoms with Crippen molar-refractivity contribution >= 4 is 22.5 Å². The van der Waals surface area contributed by atoms with Crippen molar-refractivity contribution in [1.29, 1.82) is 0 Å². The number of amides is 1. The van der Waals surface area contributed by atoms with E-state index in [9.17, 15) is 18.0 Å². The maximum absolute atomic E-state index is 13.4. The number of para-hydroxylation sites is 1. The lowest BCUT2D eigenvalue weighted by molar-refractivity contribution is -0.140. The average Bonchev–Trinajstić information content (AvgIpc) is 3.24. The number of aromatic amines is 1. The number of alkyl halides is 3. The number of fused-ring (bicyclic) bond motifs is 1. The molecule has 33 heavy (non-hydrogen) atoms. The van der Waals surface area contributed by atoms with Crippen LogP contribution in [-0.4, -0.2) is 33.2 Å². The van der Waals surface area contributed by atoms with Gasteiger partial charge in [0.05, 0.1) is 5.52 Å². The molecule has 0 bridgehead atoms. The predicted molar refractivity (Wildman–Crippen MR) is 121 cm³/mol. The summed E-state index contributed by atoms with van der Waals surface area (Å²) in [5, 5.41) is 14.0. The molecular formula is C24H28F3N5O. The molecule has 176 valence electrons. The Labute approximate surface area is 190 Å². The van der Waals surface area contributed by atoms with Gasteiger partial charge in [-0.1, -0.05) is 39.0 Å². The fourth-order valence-corrected chi connectivity index (χ4v) is 4.19. The molecule has 1 aliphatic rings. The van der Waals surface area contributed by atoms with Crippen molar-refractivity contribution < 1.29 is 18.0 Å². The van der Waals surface area contributed by atoms with Crippen LogP contribution in [0.15, 0.2) is 36.4 Å². The summed E-state index contributed by atoms with van der Waals surface area (Å²) >= 11 is 0. The van der Waals surface area contributed by atoms with Gasteiger partial charge in [-0.05, 0) is 43.9 Å². The molecule has 3 aromatic rings. The smallest absolute Gasteiger partial charge is 0.382 e. The number of H-pyrrole nitrogens is 1. The highest BCUT2D eigenvalue weighted by Crippen LogP contribution is 2.34. The van der Waals surface area contributed by atoms with Gasteiger partial charge < -0.3 is 10.6 Å². The number of nitrogens with one attached hydrogen (secondary N) is 3. The Balaban J connectivity index is 1.48. The molecule has 0 saturated heterocycles. The third-order valence-electron chi connectivity index (χ3n) is 5.99. The van der Waals surface area contributed by atoms with Crippen LogP contribution in [0.3, 0.4) is 0 Å². The van der Waals surface area contributed by atoms with Crippen molar-refractivity contribution in [3.05, 3.63) is 53.5 Å². The molecule has 1 fully saturated rings. The van der Waals surface area contributed by atoms with E-state index < -0.39 is 11.9 Å². The molecule has 4 rings (SSSR count). The summed E-state index contributed by atoms with van der Waals surface area (Å²) in [6.07, 6.45) is -1.45. The van der Waals surface area contributed by atoms with E-state index in [1.165, 1.54) is 0 Å². The fraction of sp³-hybridized carbons (Fsp3) is 0.458. The van der Waals surface area contributed by atoms with E-state index in [2.05, 4.69) is 25.8 Å². The van der Waals surface area contributed by atoms with Gasteiger partial charge in [-0.3, -0.25) is 9.89 Å². The number of anilines is 1. The summed E-state index contributed by atoms with van der Waals surface area (Å²) in [5.41, 5.74) is 0.854. The molecule has 0 radical (unpaired) electrons. The molecule has 2 atom stereocenters. The third kappa shape index (κ3) is 5.29. The number of halogens is 3. The highest BCUT2D eigenvalue weighted by atomic mass is 19.4. The number of nitrogens with zero attached hydrogens (tertiary/aromatic N) is 2. The lowest BCUT2D eigenvalue weighted by atomic mass is 9.90. The number of carbonyl (C=O) groups excluding carboxylic acids is 1. The van der Waals surface area contributed by atoms with Crippen molar-refractivity contribution in [2.24, 2.45) is 0 Å². The predicted octanol–water partition coefficient (Wildman–Crippen LogP) is 5.43. The molecule has 0 unspecified atom stereocenters. The van der Waals surface area contributed by atoms with Gasteiger partial charge in [0.2, 0.25) is 0 Å². The summed E-state index contributed by atoms with van der Waals surface area (Å²) in [4.78, 5) is 16.5. The van der Waals surface area contributed by atoms with Crippen molar-refractivity contribution in [3.8, 4) is 0 Å². The minimum absolute atomic E-state index is 0.0692. The fourth-order valence-electron chi connectivity index (χ4n) is 4.19. The third-order valence-corrected chi connectivity index (χ3v) is 5.99. The zero-order valence-electron chi connectivity index (χ0n) is 18.9. The maximum Gasteiger partial charge on any atom is 0.433 e. The van der Waals surface area contributed by atoms with Crippen molar-refractivity contribution in [3.63, 3.8) is 0 Å². The second kappa shape index (κ2) is 8.68. The van der Waals surface area contributed by atoms with Gasteiger partial charge in [-0.2, -0.15) is 18.3 Å². The number of hydrogen-bond donors (Lipinski definition) is 3. The molecular weight excluding hydrogens is 431 g/mol. The van der Waals surface area contributed by atoms with Gasteiger partial charge in [0.1, 0.15) is 11.4 Å². The van der Waals surface area contributed by atoms with Crippen molar-refractivity contribution in [2.75, 3.05) is 5.32 Å². The van der Waals surface area contributed by atoms with E-state index in [0.29, 0.717) is 28.7 Å². The SMILES string of the molecule is CC(C)(C)c1cc(C(=O)N[C@@H]2CCC[C@H](Nc3cc(C(F)(F)F)nc4ccccc34)C2)n[nH]1. The van der Waals surface area contributed by atoms with Gasteiger partial charge in [-0.25, -0.2) is 4.98 Å². The second-order valence-electron chi connectivity index (χ2n) is 9.67. The molecule has 0 spiro atoms. The standard InChI is InChI=1S/C24H28F3N5O/c1-23(2,3)20-13-19(31-32-20)22(33)29-15-8-6-7-14(11-15)28-18-12-21(24(25,26)27)30-17-10-5-4-9-16(17)18/h4-5,9-10,12-15H,6-8,11H2,1-3H3,(H,28,30)(H,29,33)(H,31,32)/t14-,15+/m0/s1. The van der Waals surface area contributed by atoms with Gasteiger partial charge in [-0.15, -0.1) is 0 Å². The number of aromatic nitrogens is 3. The van der Waals surface area contributed by atoms with Crippen LogP contribution in [0.2, 0.25) is 0 Å². The molecule has 1 saturated carbocycles. The number of hydrogen-bond acceptors (Lipinski definition) is 4. The zero-order valence-corrected chi connectivity index (χ0v) is 18.9. The van der Waals surface area contributed by atoms with Crippen LogP contribution in [0, 0.1) is 0 Å². The lowest BCUT2D eigenvalue weighted by Crippen LogP contribution is -2.42.